The second-order valence-corrected chi connectivity index (χ2v) is 7.18. The lowest BCUT2D eigenvalue weighted by molar-refractivity contribution is -0.139. The first-order chi connectivity index (χ1) is 15.1. The van der Waals surface area contributed by atoms with Gasteiger partial charge in [-0.15, -0.1) is 0 Å². The van der Waals surface area contributed by atoms with Crippen LogP contribution in [-0.2, 0) is 20.9 Å². The fourth-order valence-electron chi connectivity index (χ4n) is 3.45. The van der Waals surface area contributed by atoms with Crippen LogP contribution in [0.2, 0.25) is 0 Å². The van der Waals surface area contributed by atoms with Crippen LogP contribution >= 0.6 is 0 Å². The molecular weight excluding hydrogens is 398 g/mol. The molecule has 1 atom stereocenters. The molecule has 2 N–H and O–H groups in total. The quantitative estimate of drug-likeness (QED) is 0.621. The van der Waals surface area contributed by atoms with Gasteiger partial charge in [-0.2, -0.15) is 0 Å². The van der Waals surface area contributed by atoms with Gasteiger partial charge in [-0.05, 0) is 35.4 Å². The molecule has 1 heterocycles. The molecule has 8 nitrogen and oxygen atoms in total. The summed E-state index contributed by atoms with van der Waals surface area (Å²) in [5.41, 5.74) is 1.92. The summed E-state index contributed by atoms with van der Waals surface area (Å²) in [6.45, 7) is 3.39. The number of methoxy groups -OCH3 is 2. The van der Waals surface area contributed by atoms with E-state index >= 15 is 0 Å². The molecule has 1 fully saturated rings. The molecule has 0 saturated carbocycles. The van der Waals surface area contributed by atoms with Crippen molar-refractivity contribution in [2.24, 2.45) is 0 Å². The number of carbonyl (C=O) groups is 2. The summed E-state index contributed by atoms with van der Waals surface area (Å²) in [4.78, 5) is 26.9. The number of hydrogen-bond donors (Lipinski definition) is 2. The predicted octanol–water partition coefficient (Wildman–Crippen LogP) is 1.51. The molecule has 1 aliphatic heterocycles. The monoisotopic (exact) mass is 427 g/mol. The van der Waals surface area contributed by atoms with Crippen molar-refractivity contribution in [1.82, 2.24) is 15.5 Å². The molecular formula is C23H29N3O5. The standard InChI is InChI=1S/C23H29N3O5/c1-29-19-7-3-17(4-8-19)15-24-22(27)23(28)25-16-21(26-11-13-31-14-12-26)18-5-9-20(30-2)10-6-18/h3-10,21H,11-16H2,1-2H3,(H,24,27)(H,25,28). The lowest BCUT2D eigenvalue weighted by Crippen LogP contribution is -2.46. The summed E-state index contributed by atoms with van der Waals surface area (Å²) in [7, 11) is 3.22. The van der Waals surface area contributed by atoms with Crippen molar-refractivity contribution in [2.45, 2.75) is 12.6 Å². The summed E-state index contributed by atoms with van der Waals surface area (Å²) >= 11 is 0. The van der Waals surface area contributed by atoms with Crippen molar-refractivity contribution in [3.63, 3.8) is 0 Å². The minimum Gasteiger partial charge on any atom is -0.497 e. The van der Waals surface area contributed by atoms with E-state index in [1.807, 2.05) is 48.5 Å². The molecule has 0 spiro atoms. The molecule has 2 amide bonds. The highest BCUT2D eigenvalue weighted by Gasteiger charge is 2.24. The molecule has 1 saturated heterocycles. The van der Waals surface area contributed by atoms with E-state index in [2.05, 4.69) is 15.5 Å². The van der Waals surface area contributed by atoms with Gasteiger partial charge < -0.3 is 24.8 Å². The van der Waals surface area contributed by atoms with Crippen molar-refractivity contribution in [1.29, 1.82) is 0 Å². The van der Waals surface area contributed by atoms with E-state index in [1.54, 1.807) is 14.2 Å². The van der Waals surface area contributed by atoms with Gasteiger partial charge in [0.25, 0.3) is 0 Å². The third-order valence-corrected chi connectivity index (χ3v) is 5.26. The van der Waals surface area contributed by atoms with Crippen molar-refractivity contribution < 1.29 is 23.8 Å². The van der Waals surface area contributed by atoms with Gasteiger partial charge in [0.1, 0.15) is 11.5 Å². The number of carbonyl (C=O) groups excluding carboxylic acids is 2. The second kappa shape index (κ2) is 11.3. The van der Waals surface area contributed by atoms with Gasteiger partial charge in [0, 0.05) is 26.2 Å². The Hall–Kier alpha value is -3.10. The third-order valence-electron chi connectivity index (χ3n) is 5.26. The van der Waals surface area contributed by atoms with E-state index in [0.717, 1.165) is 35.7 Å². The zero-order chi connectivity index (χ0) is 22.1. The fraction of sp³-hybridized carbons (Fsp3) is 0.391. The van der Waals surface area contributed by atoms with Crippen LogP contribution in [0.25, 0.3) is 0 Å². The largest absolute Gasteiger partial charge is 0.497 e. The zero-order valence-corrected chi connectivity index (χ0v) is 17.9. The van der Waals surface area contributed by atoms with E-state index in [0.29, 0.717) is 19.8 Å². The number of benzene rings is 2. The van der Waals surface area contributed by atoms with Crippen molar-refractivity contribution in [2.75, 3.05) is 47.1 Å². The van der Waals surface area contributed by atoms with Crippen LogP contribution in [0.3, 0.4) is 0 Å². The molecule has 1 unspecified atom stereocenters. The van der Waals surface area contributed by atoms with E-state index in [9.17, 15) is 9.59 Å². The number of ether oxygens (including phenoxy) is 3. The second-order valence-electron chi connectivity index (χ2n) is 7.18. The average molecular weight is 428 g/mol. The molecule has 3 rings (SSSR count). The Morgan fingerprint density at radius 2 is 1.45 bits per heavy atom. The van der Waals surface area contributed by atoms with Crippen LogP contribution in [0.15, 0.2) is 48.5 Å². The Morgan fingerprint density at radius 3 is 2.03 bits per heavy atom. The van der Waals surface area contributed by atoms with Gasteiger partial charge in [-0.25, -0.2) is 0 Å². The highest BCUT2D eigenvalue weighted by atomic mass is 16.5. The lowest BCUT2D eigenvalue weighted by atomic mass is 10.0. The van der Waals surface area contributed by atoms with Gasteiger partial charge >= 0.3 is 11.8 Å². The fourth-order valence-corrected chi connectivity index (χ4v) is 3.45. The minimum absolute atomic E-state index is 0.0619. The van der Waals surface area contributed by atoms with Gasteiger partial charge in [0.2, 0.25) is 0 Å². The first kappa shape index (κ1) is 22.6. The topological polar surface area (TPSA) is 89.1 Å². The van der Waals surface area contributed by atoms with E-state index in [4.69, 9.17) is 14.2 Å². The molecule has 8 heteroatoms. The number of amides is 2. The first-order valence-electron chi connectivity index (χ1n) is 10.3. The van der Waals surface area contributed by atoms with Crippen LogP contribution < -0.4 is 20.1 Å². The van der Waals surface area contributed by atoms with Gasteiger partial charge in [-0.1, -0.05) is 24.3 Å². The SMILES string of the molecule is COc1ccc(CNC(=O)C(=O)NCC(c2ccc(OC)cc2)N2CCOCC2)cc1. The summed E-state index contributed by atoms with van der Waals surface area (Å²) in [5, 5.41) is 5.43. The Balaban J connectivity index is 1.57. The summed E-state index contributed by atoms with van der Waals surface area (Å²) < 4.78 is 15.8. The smallest absolute Gasteiger partial charge is 0.309 e. The number of hydrogen-bond acceptors (Lipinski definition) is 6. The van der Waals surface area contributed by atoms with E-state index < -0.39 is 11.8 Å². The molecule has 0 bridgehead atoms. The van der Waals surface area contributed by atoms with Crippen LogP contribution in [0, 0.1) is 0 Å². The maximum Gasteiger partial charge on any atom is 0.309 e. The number of morpholine rings is 1. The number of nitrogens with zero attached hydrogens (tertiary/aromatic N) is 1. The van der Waals surface area contributed by atoms with Crippen molar-refractivity contribution >= 4 is 11.8 Å². The zero-order valence-electron chi connectivity index (χ0n) is 17.9. The molecule has 1 aliphatic rings. The first-order valence-corrected chi connectivity index (χ1v) is 10.3. The van der Waals surface area contributed by atoms with Crippen LogP contribution in [0.5, 0.6) is 11.5 Å². The molecule has 0 aromatic heterocycles. The summed E-state index contributed by atoms with van der Waals surface area (Å²) in [5.74, 6) is 0.193. The van der Waals surface area contributed by atoms with Gasteiger partial charge in [-0.3, -0.25) is 14.5 Å². The average Bonchev–Trinajstić information content (AvgIpc) is 2.83. The minimum atomic E-state index is -0.661. The number of nitrogens with one attached hydrogen (secondary N) is 2. The molecule has 0 aliphatic carbocycles. The van der Waals surface area contributed by atoms with Gasteiger partial charge in [0.15, 0.2) is 0 Å². The summed E-state index contributed by atoms with van der Waals surface area (Å²) in [6, 6.07) is 15.0. The van der Waals surface area contributed by atoms with Crippen LogP contribution in [0.4, 0.5) is 0 Å². The lowest BCUT2D eigenvalue weighted by Gasteiger charge is -2.34. The maximum atomic E-state index is 12.4. The predicted molar refractivity (Wildman–Crippen MR) is 116 cm³/mol. The van der Waals surface area contributed by atoms with E-state index in [-0.39, 0.29) is 12.6 Å². The van der Waals surface area contributed by atoms with Crippen LogP contribution in [0.1, 0.15) is 17.2 Å². The number of rotatable bonds is 8. The van der Waals surface area contributed by atoms with Gasteiger partial charge in [0.05, 0.1) is 33.5 Å². The molecule has 0 radical (unpaired) electrons. The molecule has 2 aromatic rings. The molecule has 2 aromatic carbocycles. The molecule has 166 valence electrons. The third kappa shape index (κ3) is 6.44. The van der Waals surface area contributed by atoms with Crippen LogP contribution in [-0.4, -0.2) is 63.8 Å². The van der Waals surface area contributed by atoms with Crippen molar-refractivity contribution in [3.05, 3.63) is 59.7 Å². The normalized spacial score (nSPS) is 15.0. The summed E-state index contributed by atoms with van der Waals surface area (Å²) in [6.07, 6.45) is 0. The van der Waals surface area contributed by atoms with E-state index in [1.165, 1.54) is 0 Å². The highest BCUT2D eigenvalue weighted by molar-refractivity contribution is 6.35. The Bertz CT molecular complexity index is 849. The highest BCUT2D eigenvalue weighted by Crippen LogP contribution is 2.23. The molecule has 31 heavy (non-hydrogen) atoms. The Labute approximate surface area is 182 Å². The Morgan fingerprint density at radius 1 is 0.903 bits per heavy atom. The van der Waals surface area contributed by atoms with Crippen molar-refractivity contribution in [3.8, 4) is 11.5 Å². The maximum absolute atomic E-state index is 12.4. The Kier molecular flexibility index (Phi) is 8.26.